The third kappa shape index (κ3) is 3.21. The van der Waals surface area contributed by atoms with Gasteiger partial charge in [-0.15, -0.1) is 0 Å². The first kappa shape index (κ1) is 16.7. The fraction of sp³-hybridized carbons (Fsp3) is 0.278. The van der Waals surface area contributed by atoms with Crippen molar-refractivity contribution < 1.29 is 14.3 Å². The number of nitrogens with zero attached hydrogens (tertiary/aromatic N) is 3. The molecule has 1 aliphatic heterocycles. The lowest BCUT2D eigenvalue weighted by atomic mass is 10.0. The first-order chi connectivity index (χ1) is 12.6. The van der Waals surface area contributed by atoms with Gasteiger partial charge in [-0.2, -0.15) is 8.75 Å². The first-order valence-corrected chi connectivity index (χ1v) is 8.90. The molecule has 8 heteroatoms. The van der Waals surface area contributed by atoms with Gasteiger partial charge < -0.3 is 14.8 Å². The van der Waals surface area contributed by atoms with Crippen molar-refractivity contribution in [3.8, 4) is 11.5 Å². The van der Waals surface area contributed by atoms with Gasteiger partial charge in [0.25, 0.3) is 0 Å². The molecule has 0 unspecified atom stereocenters. The van der Waals surface area contributed by atoms with Crippen LogP contribution in [0.5, 0.6) is 11.5 Å². The molecule has 1 N–H and O–H groups in total. The molecule has 0 bridgehead atoms. The molecular weight excluding hydrogens is 352 g/mol. The van der Waals surface area contributed by atoms with Crippen LogP contribution in [0.2, 0.25) is 0 Å². The highest BCUT2D eigenvalue weighted by molar-refractivity contribution is 7.00. The van der Waals surface area contributed by atoms with Crippen molar-refractivity contribution in [2.45, 2.75) is 12.6 Å². The maximum atomic E-state index is 12.8. The minimum absolute atomic E-state index is 0.0784. The fourth-order valence-electron chi connectivity index (χ4n) is 2.99. The van der Waals surface area contributed by atoms with E-state index in [-0.39, 0.29) is 12.7 Å². The standard InChI is InChI=1S/C18H18N4O3S/c1-22(2)17(12-4-6-15-16(8-12)25-10-24-15)18(23)19-9-11-3-5-13-14(7-11)21-26-20-13/h3-8,17H,9-10H2,1-2H3,(H,19,23)/t17-/m1/s1. The summed E-state index contributed by atoms with van der Waals surface area (Å²) in [5.41, 5.74) is 3.57. The molecular formula is C18H18N4O3S. The Labute approximate surface area is 154 Å². The van der Waals surface area contributed by atoms with Crippen LogP contribution in [0.4, 0.5) is 0 Å². The van der Waals surface area contributed by atoms with Crippen molar-refractivity contribution in [2.24, 2.45) is 0 Å². The highest BCUT2D eigenvalue weighted by atomic mass is 32.1. The van der Waals surface area contributed by atoms with E-state index in [0.717, 1.165) is 22.2 Å². The maximum absolute atomic E-state index is 12.8. The minimum atomic E-state index is -0.422. The molecule has 0 spiro atoms. The molecule has 1 aliphatic rings. The number of carbonyl (C=O) groups excluding carboxylic acids is 1. The summed E-state index contributed by atoms with van der Waals surface area (Å²) >= 11 is 1.19. The van der Waals surface area contributed by atoms with E-state index in [2.05, 4.69) is 14.1 Å². The quantitative estimate of drug-likeness (QED) is 0.743. The van der Waals surface area contributed by atoms with Crippen LogP contribution in [0.1, 0.15) is 17.2 Å². The summed E-state index contributed by atoms with van der Waals surface area (Å²) in [5.74, 6) is 1.30. The zero-order valence-corrected chi connectivity index (χ0v) is 15.2. The van der Waals surface area contributed by atoms with Gasteiger partial charge in [0, 0.05) is 6.54 Å². The Morgan fingerprint density at radius 3 is 2.81 bits per heavy atom. The number of rotatable bonds is 5. The van der Waals surface area contributed by atoms with Crippen LogP contribution in [0.3, 0.4) is 0 Å². The molecule has 1 atom stereocenters. The van der Waals surface area contributed by atoms with Crippen LogP contribution in [0.15, 0.2) is 36.4 Å². The van der Waals surface area contributed by atoms with Crippen molar-refractivity contribution in [3.63, 3.8) is 0 Å². The molecule has 0 fully saturated rings. The SMILES string of the molecule is CN(C)[C@@H](C(=O)NCc1ccc2nsnc2c1)c1ccc2c(c1)OCO2. The summed E-state index contributed by atoms with van der Waals surface area (Å²) in [6, 6.07) is 11.0. The van der Waals surface area contributed by atoms with E-state index in [0.29, 0.717) is 18.0 Å². The van der Waals surface area contributed by atoms with E-state index >= 15 is 0 Å². The molecule has 3 aromatic rings. The summed E-state index contributed by atoms with van der Waals surface area (Å²) in [5, 5.41) is 3.01. The van der Waals surface area contributed by atoms with Gasteiger partial charge in [0.2, 0.25) is 12.7 Å². The zero-order chi connectivity index (χ0) is 18.1. The average molecular weight is 370 g/mol. The van der Waals surface area contributed by atoms with Crippen molar-refractivity contribution >= 4 is 28.7 Å². The van der Waals surface area contributed by atoms with E-state index in [1.54, 1.807) is 0 Å². The van der Waals surface area contributed by atoms with Crippen LogP contribution in [0.25, 0.3) is 11.0 Å². The summed E-state index contributed by atoms with van der Waals surface area (Å²) in [6.07, 6.45) is 0. The van der Waals surface area contributed by atoms with Gasteiger partial charge in [-0.25, -0.2) is 0 Å². The molecule has 1 amide bonds. The summed E-state index contributed by atoms with van der Waals surface area (Å²) < 4.78 is 19.2. The average Bonchev–Trinajstić information content (AvgIpc) is 3.27. The first-order valence-electron chi connectivity index (χ1n) is 8.17. The van der Waals surface area contributed by atoms with Crippen LogP contribution < -0.4 is 14.8 Å². The molecule has 2 heterocycles. The predicted octanol–water partition coefficient (Wildman–Crippen LogP) is 2.34. The largest absolute Gasteiger partial charge is 0.454 e. The lowest BCUT2D eigenvalue weighted by Gasteiger charge is -2.24. The second-order valence-electron chi connectivity index (χ2n) is 6.28. The van der Waals surface area contributed by atoms with E-state index < -0.39 is 6.04 Å². The second-order valence-corrected chi connectivity index (χ2v) is 6.81. The number of likely N-dealkylation sites (N-methyl/N-ethyl adjacent to an activating group) is 1. The van der Waals surface area contributed by atoms with Crippen LogP contribution in [-0.2, 0) is 11.3 Å². The molecule has 0 aliphatic carbocycles. The Morgan fingerprint density at radius 2 is 1.96 bits per heavy atom. The third-order valence-corrected chi connectivity index (χ3v) is 4.82. The van der Waals surface area contributed by atoms with Gasteiger partial charge in [0.15, 0.2) is 11.5 Å². The molecule has 0 radical (unpaired) electrons. The van der Waals surface area contributed by atoms with Crippen molar-refractivity contribution in [1.82, 2.24) is 19.0 Å². The summed E-state index contributed by atoms with van der Waals surface area (Å²) in [6.45, 7) is 0.646. The lowest BCUT2D eigenvalue weighted by molar-refractivity contribution is -0.125. The van der Waals surface area contributed by atoms with Gasteiger partial charge in [-0.3, -0.25) is 9.69 Å². The van der Waals surface area contributed by atoms with Gasteiger partial charge in [0.1, 0.15) is 17.1 Å². The Balaban J connectivity index is 1.50. The van der Waals surface area contributed by atoms with E-state index in [9.17, 15) is 4.79 Å². The van der Waals surface area contributed by atoms with Gasteiger partial charge in [-0.05, 0) is 49.5 Å². The van der Waals surface area contributed by atoms with E-state index in [4.69, 9.17) is 9.47 Å². The van der Waals surface area contributed by atoms with Crippen LogP contribution in [-0.4, -0.2) is 40.4 Å². The Morgan fingerprint density at radius 1 is 1.15 bits per heavy atom. The van der Waals surface area contributed by atoms with E-state index in [1.165, 1.54) is 11.7 Å². The number of nitrogens with one attached hydrogen (secondary N) is 1. The van der Waals surface area contributed by atoms with Gasteiger partial charge >= 0.3 is 0 Å². The summed E-state index contributed by atoms with van der Waals surface area (Å²) in [4.78, 5) is 14.7. The highest BCUT2D eigenvalue weighted by Gasteiger charge is 2.25. The number of hydrogen-bond acceptors (Lipinski definition) is 7. The molecule has 0 saturated carbocycles. The normalized spacial score (nSPS) is 14.0. The molecule has 2 aromatic carbocycles. The minimum Gasteiger partial charge on any atom is -0.454 e. The number of hydrogen-bond donors (Lipinski definition) is 1. The van der Waals surface area contributed by atoms with E-state index in [1.807, 2.05) is 55.4 Å². The Kier molecular flexibility index (Phi) is 4.44. The Hall–Kier alpha value is -2.71. The van der Waals surface area contributed by atoms with Crippen LogP contribution >= 0.6 is 11.7 Å². The zero-order valence-electron chi connectivity index (χ0n) is 14.4. The number of fused-ring (bicyclic) bond motifs is 2. The van der Waals surface area contributed by atoms with Crippen molar-refractivity contribution in [2.75, 3.05) is 20.9 Å². The summed E-state index contributed by atoms with van der Waals surface area (Å²) in [7, 11) is 3.75. The molecule has 26 heavy (non-hydrogen) atoms. The predicted molar refractivity (Wildman–Crippen MR) is 98.3 cm³/mol. The number of aromatic nitrogens is 2. The Bertz CT molecular complexity index is 957. The maximum Gasteiger partial charge on any atom is 0.242 e. The molecule has 4 rings (SSSR count). The highest BCUT2D eigenvalue weighted by Crippen LogP contribution is 2.35. The fourth-order valence-corrected chi connectivity index (χ4v) is 3.51. The smallest absolute Gasteiger partial charge is 0.242 e. The second kappa shape index (κ2) is 6.89. The van der Waals surface area contributed by atoms with Gasteiger partial charge in [0.05, 0.1) is 11.7 Å². The van der Waals surface area contributed by atoms with Crippen molar-refractivity contribution in [3.05, 3.63) is 47.5 Å². The molecule has 0 saturated heterocycles. The number of amides is 1. The van der Waals surface area contributed by atoms with Crippen molar-refractivity contribution in [1.29, 1.82) is 0 Å². The number of carbonyl (C=O) groups is 1. The number of ether oxygens (including phenoxy) is 2. The van der Waals surface area contributed by atoms with Crippen LogP contribution in [0, 0.1) is 0 Å². The molecule has 7 nitrogen and oxygen atoms in total. The topological polar surface area (TPSA) is 76.6 Å². The molecule has 1 aromatic heterocycles. The third-order valence-electron chi connectivity index (χ3n) is 4.26. The molecule has 134 valence electrons. The van der Waals surface area contributed by atoms with Gasteiger partial charge in [-0.1, -0.05) is 12.1 Å². The monoisotopic (exact) mass is 370 g/mol. The lowest BCUT2D eigenvalue weighted by Crippen LogP contribution is -2.36. The number of benzene rings is 2.